The molecule has 102 valence electrons. The van der Waals surface area contributed by atoms with E-state index in [0.717, 1.165) is 13.0 Å². The number of aryl methyl sites for hydroxylation is 1. The quantitative estimate of drug-likeness (QED) is 0.483. The van der Waals surface area contributed by atoms with E-state index < -0.39 is 0 Å². The number of nitrogens with one attached hydrogen (secondary N) is 1. The van der Waals surface area contributed by atoms with Gasteiger partial charge in [-0.25, -0.2) is 0 Å². The van der Waals surface area contributed by atoms with Crippen LogP contribution >= 0.6 is 11.8 Å². The lowest BCUT2D eigenvalue weighted by Gasteiger charge is -2.18. The van der Waals surface area contributed by atoms with Crippen LogP contribution in [0.5, 0.6) is 0 Å². The van der Waals surface area contributed by atoms with Crippen molar-refractivity contribution >= 4 is 11.8 Å². The van der Waals surface area contributed by atoms with Crippen LogP contribution in [0, 0.1) is 0 Å². The van der Waals surface area contributed by atoms with Crippen LogP contribution in [0.25, 0.3) is 0 Å². The topological polar surface area (TPSA) is 55.9 Å². The minimum absolute atomic E-state index is 0.109. The smallest absolute Gasteiger partial charge is 0.0522 e. The van der Waals surface area contributed by atoms with Crippen LogP contribution in [0.3, 0.4) is 0 Å². The lowest BCUT2D eigenvalue weighted by atomic mass is 10.0. The van der Waals surface area contributed by atoms with Gasteiger partial charge in [-0.3, -0.25) is 16.0 Å². The van der Waals surface area contributed by atoms with Gasteiger partial charge in [0, 0.05) is 17.6 Å². The fourth-order valence-electron chi connectivity index (χ4n) is 2.13. The largest absolute Gasteiger partial charge is 0.273 e. The second-order valence-corrected chi connectivity index (χ2v) is 5.22. The number of hydrazine groups is 1. The van der Waals surface area contributed by atoms with Crippen LogP contribution < -0.4 is 11.3 Å². The summed E-state index contributed by atoms with van der Waals surface area (Å²) in [5, 5.41) is 4.30. The standard InChI is InChI=1S/C14H20N4S/c1-3-18-10-11(9-16-18)8-13(17-15)12-6-4-5-7-14(12)19-2/h4-7,9-10,13,17H,3,8,15H2,1-2H3. The van der Waals surface area contributed by atoms with Crippen molar-refractivity contribution < 1.29 is 0 Å². The Bertz CT molecular complexity index is 524. The normalized spacial score (nSPS) is 12.6. The van der Waals surface area contributed by atoms with Crippen LogP contribution in [0.1, 0.15) is 24.1 Å². The Morgan fingerprint density at radius 3 is 2.84 bits per heavy atom. The average Bonchev–Trinajstić information content (AvgIpc) is 2.92. The molecular formula is C14H20N4S. The maximum Gasteiger partial charge on any atom is 0.0522 e. The van der Waals surface area contributed by atoms with Crippen LogP contribution in [0.4, 0.5) is 0 Å². The molecule has 0 spiro atoms. The van der Waals surface area contributed by atoms with Gasteiger partial charge in [0.1, 0.15) is 0 Å². The van der Waals surface area contributed by atoms with Crippen molar-refractivity contribution in [2.75, 3.05) is 6.26 Å². The van der Waals surface area contributed by atoms with Crippen LogP contribution in [-0.2, 0) is 13.0 Å². The number of thioether (sulfide) groups is 1. The number of benzene rings is 1. The van der Waals surface area contributed by atoms with E-state index in [1.165, 1.54) is 16.0 Å². The maximum atomic E-state index is 5.73. The molecule has 0 radical (unpaired) electrons. The third-order valence-electron chi connectivity index (χ3n) is 3.17. The van der Waals surface area contributed by atoms with Gasteiger partial charge in [-0.1, -0.05) is 18.2 Å². The summed E-state index contributed by atoms with van der Waals surface area (Å²) in [4.78, 5) is 1.26. The molecule has 1 unspecified atom stereocenters. The van der Waals surface area contributed by atoms with Gasteiger partial charge in [0.05, 0.1) is 12.2 Å². The highest BCUT2D eigenvalue weighted by Gasteiger charge is 2.14. The highest BCUT2D eigenvalue weighted by molar-refractivity contribution is 7.98. The molecule has 0 aliphatic rings. The first-order valence-electron chi connectivity index (χ1n) is 6.38. The number of hydrogen-bond donors (Lipinski definition) is 2. The monoisotopic (exact) mass is 276 g/mol. The van der Waals surface area contributed by atoms with E-state index in [2.05, 4.69) is 54.2 Å². The predicted octanol–water partition coefficient (Wildman–Crippen LogP) is 2.37. The molecule has 1 aromatic heterocycles. The van der Waals surface area contributed by atoms with Crippen LogP contribution in [0.15, 0.2) is 41.6 Å². The summed E-state index contributed by atoms with van der Waals surface area (Å²) in [6, 6.07) is 8.46. The van der Waals surface area contributed by atoms with Gasteiger partial charge in [0.15, 0.2) is 0 Å². The Balaban J connectivity index is 2.19. The zero-order valence-electron chi connectivity index (χ0n) is 11.3. The van der Waals surface area contributed by atoms with E-state index >= 15 is 0 Å². The molecule has 19 heavy (non-hydrogen) atoms. The summed E-state index contributed by atoms with van der Waals surface area (Å²) in [5.74, 6) is 5.73. The Morgan fingerprint density at radius 1 is 1.42 bits per heavy atom. The predicted molar refractivity (Wildman–Crippen MR) is 79.9 cm³/mol. The second kappa shape index (κ2) is 6.75. The van der Waals surface area contributed by atoms with Crippen molar-refractivity contribution in [2.45, 2.75) is 30.8 Å². The molecule has 0 bridgehead atoms. The molecule has 0 aliphatic heterocycles. The third kappa shape index (κ3) is 3.37. The first-order chi connectivity index (χ1) is 9.28. The van der Waals surface area contributed by atoms with E-state index in [-0.39, 0.29) is 6.04 Å². The zero-order chi connectivity index (χ0) is 13.7. The number of aromatic nitrogens is 2. The molecule has 0 aliphatic carbocycles. The summed E-state index contributed by atoms with van der Waals surface area (Å²) in [5.41, 5.74) is 5.35. The van der Waals surface area contributed by atoms with E-state index in [9.17, 15) is 0 Å². The van der Waals surface area contributed by atoms with E-state index in [1.54, 1.807) is 11.8 Å². The summed E-state index contributed by atoms with van der Waals surface area (Å²) >= 11 is 1.74. The molecule has 0 amide bonds. The van der Waals surface area contributed by atoms with Crippen molar-refractivity contribution in [3.8, 4) is 0 Å². The first kappa shape index (κ1) is 14.1. The summed E-state index contributed by atoms with van der Waals surface area (Å²) in [7, 11) is 0. The molecule has 1 heterocycles. The van der Waals surface area contributed by atoms with Gasteiger partial charge in [0.25, 0.3) is 0 Å². The average molecular weight is 276 g/mol. The van der Waals surface area contributed by atoms with Gasteiger partial charge in [-0.15, -0.1) is 11.8 Å². The SMILES string of the molecule is CCn1cc(CC(NN)c2ccccc2SC)cn1. The lowest BCUT2D eigenvalue weighted by molar-refractivity contribution is 0.543. The van der Waals surface area contributed by atoms with Crippen LogP contribution in [0.2, 0.25) is 0 Å². The molecule has 2 aromatic rings. The molecule has 0 saturated carbocycles. The van der Waals surface area contributed by atoms with Gasteiger partial charge in [0.2, 0.25) is 0 Å². The van der Waals surface area contributed by atoms with E-state index in [1.807, 2.05) is 10.9 Å². The fourth-order valence-corrected chi connectivity index (χ4v) is 2.79. The molecule has 0 saturated heterocycles. The number of hydrogen-bond acceptors (Lipinski definition) is 4. The summed E-state index contributed by atoms with van der Waals surface area (Å²) in [6.45, 7) is 2.97. The molecule has 4 nitrogen and oxygen atoms in total. The fraction of sp³-hybridized carbons (Fsp3) is 0.357. The molecule has 2 rings (SSSR count). The minimum atomic E-state index is 0.109. The molecule has 5 heteroatoms. The van der Waals surface area contributed by atoms with Crippen molar-refractivity contribution in [1.29, 1.82) is 0 Å². The lowest BCUT2D eigenvalue weighted by Crippen LogP contribution is -2.29. The highest BCUT2D eigenvalue weighted by Crippen LogP contribution is 2.27. The Hall–Kier alpha value is -1.30. The van der Waals surface area contributed by atoms with Crippen LogP contribution in [-0.4, -0.2) is 16.0 Å². The molecule has 0 fully saturated rings. The maximum absolute atomic E-state index is 5.73. The van der Waals surface area contributed by atoms with Crippen molar-refractivity contribution in [3.63, 3.8) is 0 Å². The van der Waals surface area contributed by atoms with E-state index in [4.69, 9.17) is 5.84 Å². The molecule has 3 N–H and O–H groups in total. The highest BCUT2D eigenvalue weighted by atomic mass is 32.2. The summed E-state index contributed by atoms with van der Waals surface area (Å²) < 4.78 is 1.93. The second-order valence-electron chi connectivity index (χ2n) is 4.37. The number of nitrogens with two attached hydrogens (primary N) is 1. The van der Waals surface area contributed by atoms with Gasteiger partial charge >= 0.3 is 0 Å². The van der Waals surface area contributed by atoms with Gasteiger partial charge in [-0.05, 0) is 36.8 Å². The van der Waals surface area contributed by atoms with Crippen molar-refractivity contribution in [2.24, 2.45) is 5.84 Å². The van der Waals surface area contributed by atoms with Gasteiger partial charge in [-0.2, -0.15) is 5.10 Å². The zero-order valence-corrected chi connectivity index (χ0v) is 12.2. The molecule has 1 aromatic carbocycles. The van der Waals surface area contributed by atoms with Crippen molar-refractivity contribution in [1.82, 2.24) is 15.2 Å². The molecule has 1 atom stereocenters. The Morgan fingerprint density at radius 2 is 2.21 bits per heavy atom. The van der Waals surface area contributed by atoms with Crippen molar-refractivity contribution in [3.05, 3.63) is 47.8 Å². The van der Waals surface area contributed by atoms with Gasteiger partial charge < -0.3 is 0 Å². The summed E-state index contributed by atoms with van der Waals surface area (Å²) in [6.07, 6.45) is 6.91. The third-order valence-corrected chi connectivity index (χ3v) is 3.98. The Kier molecular flexibility index (Phi) is 5.01. The number of rotatable bonds is 6. The Labute approximate surface area is 118 Å². The number of nitrogens with zero attached hydrogens (tertiary/aromatic N) is 2. The van der Waals surface area contributed by atoms with E-state index in [0.29, 0.717) is 0 Å². The first-order valence-corrected chi connectivity index (χ1v) is 7.61. The molecular weight excluding hydrogens is 256 g/mol. The minimum Gasteiger partial charge on any atom is -0.273 e.